The molecular formula is C17H24IN5. The van der Waals surface area contributed by atoms with Gasteiger partial charge in [-0.3, -0.25) is 0 Å². The van der Waals surface area contributed by atoms with Gasteiger partial charge >= 0.3 is 0 Å². The number of guanidine groups is 1. The van der Waals surface area contributed by atoms with Gasteiger partial charge in [-0.15, -0.1) is 24.0 Å². The van der Waals surface area contributed by atoms with Crippen LogP contribution in [0.5, 0.6) is 0 Å². The average Bonchev–Trinajstić information content (AvgIpc) is 3.03. The van der Waals surface area contributed by atoms with Gasteiger partial charge in [0.2, 0.25) is 0 Å². The number of para-hydroxylation sites is 1. The SMILES string of the molecule is CCNC(=NCc1ccn(-c2ccccc2)n1)NC1CC1C.I. The van der Waals surface area contributed by atoms with E-state index in [0.717, 1.165) is 29.8 Å². The predicted octanol–water partition coefficient (Wildman–Crippen LogP) is 2.95. The third kappa shape index (κ3) is 4.95. The average molecular weight is 425 g/mol. The first-order chi connectivity index (χ1) is 10.8. The fourth-order valence-corrected chi connectivity index (χ4v) is 2.35. The number of aliphatic imine (C=N–C) groups is 1. The number of halogens is 1. The van der Waals surface area contributed by atoms with E-state index < -0.39 is 0 Å². The van der Waals surface area contributed by atoms with E-state index >= 15 is 0 Å². The summed E-state index contributed by atoms with van der Waals surface area (Å²) < 4.78 is 1.88. The van der Waals surface area contributed by atoms with E-state index in [4.69, 9.17) is 0 Å². The smallest absolute Gasteiger partial charge is 0.191 e. The molecule has 1 saturated carbocycles. The normalized spacial score (nSPS) is 19.8. The minimum atomic E-state index is 0. The fourth-order valence-electron chi connectivity index (χ4n) is 2.35. The Morgan fingerprint density at radius 1 is 1.30 bits per heavy atom. The van der Waals surface area contributed by atoms with Crippen LogP contribution in [0.15, 0.2) is 47.6 Å². The molecule has 5 nitrogen and oxygen atoms in total. The van der Waals surface area contributed by atoms with Gasteiger partial charge in [-0.2, -0.15) is 5.10 Å². The molecule has 2 N–H and O–H groups in total. The van der Waals surface area contributed by atoms with Crippen molar-refractivity contribution >= 4 is 29.9 Å². The summed E-state index contributed by atoms with van der Waals surface area (Å²) in [7, 11) is 0. The minimum Gasteiger partial charge on any atom is -0.357 e. The maximum Gasteiger partial charge on any atom is 0.191 e. The first-order valence-corrected chi connectivity index (χ1v) is 7.91. The second kappa shape index (κ2) is 8.33. The van der Waals surface area contributed by atoms with Crippen molar-refractivity contribution in [1.82, 2.24) is 20.4 Å². The van der Waals surface area contributed by atoms with E-state index in [-0.39, 0.29) is 24.0 Å². The highest BCUT2D eigenvalue weighted by molar-refractivity contribution is 14.0. The van der Waals surface area contributed by atoms with Gasteiger partial charge in [0.05, 0.1) is 17.9 Å². The molecule has 6 heteroatoms. The lowest BCUT2D eigenvalue weighted by Crippen LogP contribution is -2.39. The van der Waals surface area contributed by atoms with Crippen LogP contribution in [0.2, 0.25) is 0 Å². The van der Waals surface area contributed by atoms with Crippen molar-refractivity contribution in [2.24, 2.45) is 10.9 Å². The van der Waals surface area contributed by atoms with E-state index in [2.05, 4.69) is 34.6 Å². The molecule has 2 unspecified atom stereocenters. The fraction of sp³-hybridized carbons (Fsp3) is 0.412. The summed E-state index contributed by atoms with van der Waals surface area (Å²) in [5.41, 5.74) is 2.03. The van der Waals surface area contributed by atoms with Crippen LogP contribution in [0.4, 0.5) is 0 Å². The zero-order chi connectivity index (χ0) is 15.4. The molecular weight excluding hydrogens is 401 g/mol. The highest BCUT2D eigenvalue weighted by atomic mass is 127. The molecule has 3 rings (SSSR count). The van der Waals surface area contributed by atoms with Crippen molar-refractivity contribution in [1.29, 1.82) is 0 Å². The summed E-state index contributed by atoms with van der Waals surface area (Å²) in [5.74, 6) is 1.63. The first-order valence-electron chi connectivity index (χ1n) is 7.91. The molecule has 0 bridgehead atoms. The van der Waals surface area contributed by atoms with E-state index in [1.54, 1.807) is 0 Å². The highest BCUT2D eigenvalue weighted by Crippen LogP contribution is 2.28. The molecule has 0 radical (unpaired) electrons. The predicted molar refractivity (Wildman–Crippen MR) is 104 cm³/mol. The molecule has 124 valence electrons. The Kier molecular flexibility index (Phi) is 6.44. The third-order valence-electron chi connectivity index (χ3n) is 3.84. The van der Waals surface area contributed by atoms with Gasteiger partial charge in [-0.05, 0) is 37.5 Å². The van der Waals surface area contributed by atoms with Crippen LogP contribution in [0.1, 0.15) is 26.0 Å². The topological polar surface area (TPSA) is 54.2 Å². The summed E-state index contributed by atoms with van der Waals surface area (Å²) in [6.45, 7) is 5.78. The van der Waals surface area contributed by atoms with Gasteiger partial charge in [0, 0.05) is 18.8 Å². The number of aromatic nitrogens is 2. The Morgan fingerprint density at radius 3 is 2.70 bits per heavy atom. The zero-order valence-corrected chi connectivity index (χ0v) is 15.9. The van der Waals surface area contributed by atoms with E-state index in [0.29, 0.717) is 12.6 Å². The lowest BCUT2D eigenvalue weighted by molar-refractivity contribution is 0.761. The Labute approximate surface area is 154 Å². The maximum atomic E-state index is 4.62. The summed E-state index contributed by atoms with van der Waals surface area (Å²) in [6, 6.07) is 12.7. The van der Waals surface area contributed by atoms with Crippen molar-refractivity contribution in [2.45, 2.75) is 32.9 Å². The van der Waals surface area contributed by atoms with Gasteiger partial charge in [0.15, 0.2) is 5.96 Å². The molecule has 1 aromatic carbocycles. The lowest BCUT2D eigenvalue weighted by atomic mass is 10.3. The van der Waals surface area contributed by atoms with Crippen molar-refractivity contribution in [3.63, 3.8) is 0 Å². The van der Waals surface area contributed by atoms with Gasteiger partial charge < -0.3 is 10.6 Å². The number of nitrogens with one attached hydrogen (secondary N) is 2. The second-order valence-corrected chi connectivity index (χ2v) is 5.75. The molecule has 1 heterocycles. The van der Waals surface area contributed by atoms with Crippen LogP contribution < -0.4 is 10.6 Å². The van der Waals surface area contributed by atoms with Crippen LogP contribution >= 0.6 is 24.0 Å². The number of nitrogens with zero attached hydrogens (tertiary/aromatic N) is 3. The van der Waals surface area contributed by atoms with Crippen LogP contribution in [-0.2, 0) is 6.54 Å². The standard InChI is InChI=1S/C17H23N5.HI/c1-3-18-17(20-16-11-13(16)2)19-12-14-9-10-22(21-14)15-7-5-4-6-8-15;/h4-10,13,16H,3,11-12H2,1-2H3,(H2,18,19,20);1H. The molecule has 0 aliphatic heterocycles. The van der Waals surface area contributed by atoms with Gasteiger partial charge in [-0.25, -0.2) is 9.67 Å². The number of hydrogen-bond acceptors (Lipinski definition) is 2. The Morgan fingerprint density at radius 2 is 2.04 bits per heavy atom. The number of rotatable bonds is 5. The van der Waals surface area contributed by atoms with E-state index in [9.17, 15) is 0 Å². The summed E-state index contributed by atoms with van der Waals surface area (Å²) in [5, 5.41) is 11.3. The van der Waals surface area contributed by atoms with Crippen molar-refractivity contribution in [3.05, 3.63) is 48.3 Å². The van der Waals surface area contributed by atoms with Gasteiger partial charge in [0.1, 0.15) is 0 Å². The Bertz CT molecular complexity index is 637. The van der Waals surface area contributed by atoms with Gasteiger partial charge in [0.25, 0.3) is 0 Å². The molecule has 2 atom stereocenters. The van der Waals surface area contributed by atoms with Crippen LogP contribution in [0.25, 0.3) is 5.69 Å². The van der Waals surface area contributed by atoms with E-state index in [1.165, 1.54) is 6.42 Å². The van der Waals surface area contributed by atoms with Crippen LogP contribution in [0.3, 0.4) is 0 Å². The maximum absolute atomic E-state index is 4.62. The van der Waals surface area contributed by atoms with Gasteiger partial charge in [-0.1, -0.05) is 25.1 Å². The van der Waals surface area contributed by atoms with Crippen LogP contribution in [0, 0.1) is 5.92 Å². The monoisotopic (exact) mass is 425 g/mol. The molecule has 23 heavy (non-hydrogen) atoms. The Hall–Kier alpha value is -1.57. The lowest BCUT2D eigenvalue weighted by Gasteiger charge is -2.10. The quantitative estimate of drug-likeness (QED) is 0.440. The molecule has 1 fully saturated rings. The largest absolute Gasteiger partial charge is 0.357 e. The summed E-state index contributed by atoms with van der Waals surface area (Å²) in [6.07, 6.45) is 3.20. The molecule has 1 aliphatic carbocycles. The van der Waals surface area contributed by atoms with Crippen molar-refractivity contribution in [3.8, 4) is 5.69 Å². The van der Waals surface area contributed by atoms with Crippen LogP contribution in [-0.4, -0.2) is 28.3 Å². The molecule has 1 aliphatic rings. The number of hydrogen-bond donors (Lipinski definition) is 2. The Balaban J connectivity index is 0.00000192. The molecule has 1 aromatic heterocycles. The minimum absolute atomic E-state index is 0. The van der Waals surface area contributed by atoms with E-state index in [1.807, 2.05) is 47.3 Å². The first kappa shape index (κ1) is 17.8. The second-order valence-electron chi connectivity index (χ2n) is 5.75. The van der Waals surface area contributed by atoms with Crippen molar-refractivity contribution in [2.75, 3.05) is 6.54 Å². The molecule has 0 spiro atoms. The summed E-state index contributed by atoms with van der Waals surface area (Å²) >= 11 is 0. The summed E-state index contributed by atoms with van der Waals surface area (Å²) in [4.78, 5) is 4.62. The zero-order valence-electron chi connectivity index (χ0n) is 13.6. The molecule has 0 saturated heterocycles. The van der Waals surface area contributed by atoms with Crippen molar-refractivity contribution < 1.29 is 0 Å². The molecule has 0 amide bonds. The molecule has 2 aromatic rings. The number of benzene rings is 1. The third-order valence-corrected chi connectivity index (χ3v) is 3.84. The highest BCUT2D eigenvalue weighted by Gasteiger charge is 2.33.